The van der Waals surface area contributed by atoms with Crippen molar-refractivity contribution in [2.75, 3.05) is 23.7 Å². The molecular formula is C25H39N3O3S. The summed E-state index contributed by atoms with van der Waals surface area (Å²) in [4.78, 5) is 34.1. The summed E-state index contributed by atoms with van der Waals surface area (Å²) in [5.74, 6) is 1.31. The van der Waals surface area contributed by atoms with E-state index in [-0.39, 0.29) is 24.3 Å². The summed E-state index contributed by atoms with van der Waals surface area (Å²) in [6.45, 7) is 7.97. The van der Waals surface area contributed by atoms with Gasteiger partial charge in [-0.25, -0.2) is 4.98 Å². The first kappa shape index (κ1) is 24.9. The minimum atomic E-state index is -0.735. The van der Waals surface area contributed by atoms with Crippen LogP contribution in [0.3, 0.4) is 0 Å². The van der Waals surface area contributed by atoms with Gasteiger partial charge in [-0.2, -0.15) is 0 Å². The summed E-state index contributed by atoms with van der Waals surface area (Å²) >= 11 is 1.66. The smallest absolute Gasteiger partial charge is 0.303 e. The van der Waals surface area contributed by atoms with Crippen molar-refractivity contribution < 1.29 is 14.7 Å². The van der Waals surface area contributed by atoms with Crippen LogP contribution in [0.5, 0.6) is 0 Å². The van der Waals surface area contributed by atoms with Crippen LogP contribution >= 0.6 is 11.8 Å². The van der Waals surface area contributed by atoms with Gasteiger partial charge in [0.1, 0.15) is 10.8 Å². The number of carbonyl (C=O) groups is 2. The average Bonchev–Trinajstić information content (AvgIpc) is 2.77. The maximum Gasteiger partial charge on any atom is 0.303 e. The Morgan fingerprint density at radius 3 is 2.59 bits per heavy atom. The van der Waals surface area contributed by atoms with E-state index in [4.69, 9.17) is 4.98 Å². The lowest BCUT2D eigenvalue weighted by atomic mass is 9.93. The topological polar surface area (TPSA) is 73.7 Å². The second-order valence-electron chi connectivity index (χ2n) is 9.52. The Morgan fingerprint density at radius 1 is 1.19 bits per heavy atom. The maximum absolute atomic E-state index is 13.7. The van der Waals surface area contributed by atoms with E-state index in [0.717, 1.165) is 55.2 Å². The van der Waals surface area contributed by atoms with Gasteiger partial charge in [0.15, 0.2) is 0 Å². The molecular weight excluding hydrogens is 422 g/mol. The summed E-state index contributed by atoms with van der Waals surface area (Å²) in [5.41, 5.74) is 0.713. The van der Waals surface area contributed by atoms with E-state index in [2.05, 4.69) is 30.6 Å². The van der Waals surface area contributed by atoms with Crippen molar-refractivity contribution in [3.63, 3.8) is 0 Å². The molecule has 1 aliphatic carbocycles. The molecule has 1 N–H and O–H groups in total. The molecule has 6 nitrogen and oxygen atoms in total. The van der Waals surface area contributed by atoms with Gasteiger partial charge in [-0.05, 0) is 69.8 Å². The zero-order chi connectivity index (χ0) is 23.1. The number of nitrogens with zero attached hydrogens (tertiary/aromatic N) is 3. The Bertz CT molecular complexity index is 780. The number of pyridine rings is 1. The Balaban J connectivity index is 1.85. The number of carbonyl (C=O) groups excluding carboxylic acids is 1. The first-order chi connectivity index (χ1) is 15.4. The van der Waals surface area contributed by atoms with Gasteiger partial charge in [0.05, 0.1) is 5.56 Å². The van der Waals surface area contributed by atoms with E-state index >= 15 is 0 Å². The number of aromatic nitrogens is 1. The number of hydrogen-bond donors (Lipinski definition) is 1. The third-order valence-electron chi connectivity index (χ3n) is 6.58. The molecule has 1 saturated heterocycles. The summed E-state index contributed by atoms with van der Waals surface area (Å²) in [6.07, 6.45) is 8.98. The van der Waals surface area contributed by atoms with Gasteiger partial charge in [0.25, 0.3) is 5.91 Å². The van der Waals surface area contributed by atoms with E-state index < -0.39 is 5.97 Å². The highest BCUT2D eigenvalue weighted by molar-refractivity contribution is 7.99. The normalized spacial score (nSPS) is 19.9. The van der Waals surface area contributed by atoms with Crippen LogP contribution < -0.4 is 4.90 Å². The van der Waals surface area contributed by atoms with Gasteiger partial charge < -0.3 is 14.9 Å². The molecule has 2 aliphatic rings. The van der Waals surface area contributed by atoms with Crippen LogP contribution in [0.1, 0.15) is 88.9 Å². The predicted octanol–water partition coefficient (Wildman–Crippen LogP) is 5.46. The number of carboxylic acid groups (broad SMARTS) is 1. The lowest BCUT2D eigenvalue weighted by molar-refractivity contribution is -0.138. The zero-order valence-corrected chi connectivity index (χ0v) is 20.7. The van der Waals surface area contributed by atoms with Crippen LogP contribution in [0.2, 0.25) is 0 Å². The molecule has 1 aliphatic heterocycles. The number of aliphatic carboxylic acids is 1. The number of carboxylic acids is 1. The molecule has 1 aromatic rings. The molecule has 1 aromatic heterocycles. The fourth-order valence-electron chi connectivity index (χ4n) is 5.09. The lowest BCUT2D eigenvalue weighted by Crippen LogP contribution is -2.46. The number of piperidine rings is 1. The minimum Gasteiger partial charge on any atom is -0.481 e. The van der Waals surface area contributed by atoms with E-state index in [1.165, 1.54) is 19.3 Å². The molecule has 0 spiro atoms. The fraction of sp³-hybridized carbons (Fsp3) is 0.720. The number of amides is 1. The van der Waals surface area contributed by atoms with Crippen molar-refractivity contribution in [1.29, 1.82) is 0 Å². The van der Waals surface area contributed by atoms with E-state index in [0.29, 0.717) is 18.2 Å². The highest BCUT2D eigenvalue weighted by atomic mass is 32.2. The van der Waals surface area contributed by atoms with Gasteiger partial charge >= 0.3 is 5.97 Å². The zero-order valence-electron chi connectivity index (χ0n) is 19.9. The third kappa shape index (κ3) is 6.40. The standard InChI is InChI=1S/C25H39N3O3S/c1-4-15-32-24-21(25(31)28(18(2)3)20-10-6-5-7-11-20)12-13-22(26-24)27-14-8-9-19(17-27)16-23(29)30/h12-13,18-20H,4-11,14-17H2,1-3H3,(H,29,30). The summed E-state index contributed by atoms with van der Waals surface area (Å²) in [6, 6.07) is 4.40. The first-order valence-electron chi connectivity index (χ1n) is 12.3. The highest BCUT2D eigenvalue weighted by Gasteiger charge is 2.31. The second kappa shape index (κ2) is 11.9. The Labute approximate surface area is 197 Å². The molecule has 0 radical (unpaired) electrons. The van der Waals surface area contributed by atoms with Crippen molar-refractivity contribution in [1.82, 2.24) is 9.88 Å². The Kier molecular flexibility index (Phi) is 9.26. The lowest BCUT2D eigenvalue weighted by Gasteiger charge is -2.38. The largest absolute Gasteiger partial charge is 0.481 e. The quantitative estimate of drug-likeness (QED) is 0.492. The summed E-state index contributed by atoms with van der Waals surface area (Å²) in [5, 5.41) is 10.0. The van der Waals surface area contributed by atoms with Crippen LogP contribution in [0, 0.1) is 5.92 Å². The first-order valence-corrected chi connectivity index (χ1v) is 13.3. The van der Waals surface area contributed by atoms with E-state index in [1.807, 2.05) is 12.1 Å². The average molecular weight is 462 g/mol. The van der Waals surface area contributed by atoms with Crippen molar-refractivity contribution in [2.24, 2.45) is 5.92 Å². The number of anilines is 1. The molecule has 0 aromatic carbocycles. The Hall–Kier alpha value is -1.76. The SMILES string of the molecule is CCCSc1nc(N2CCCC(CC(=O)O)C2)ccc1C(=O)N(C(C)C)C1CCCCC1. The van der Waals surface area contributed by atoms with Crippen LogP contribution in [0.25, 0.3) is 0 Å². The van der Waals surface area contributed by atoms with Crippen LogP contribution in [-0.4, -0.2) is 57.8 Å². The molecule has 1 saturated carbocycles. The second-order valence-corrected chi connectivity index (χ2v) is 10.6. The number of hydrogen-bond acceptors (Lipinski definition) is 5. The van der Waals surface area contributed by atoms with Gasteiger partial charge in [0.2, 0.25) is 0 Å². The molecule has 2 fully saturated rings. The molecule has 7 heteroatoms. The predicted molar refractivity (Wildman–Crippen MR) is 131 cm³/mol. The van der Waals surface area contributed by atoms with Crippen molar-refractivity contribution in [3.05, 3.63) is 17.7 Å². The van der Waals surface area contributed by atoms with Gasteiger partial charge in [-0.15, -0.1) is 11.8 Å². The van der Waals surface area contributed by atoms with E-state index in [9.17, 15) is 14.7 Å². The highest BCUT2D eigenvalue weighted by Crippen LogP contribution is 2.31. The van der Waals surface area contributed by atoms with Crippen LogP contribution in [0.4, 0.5) is 5.82 Å². The molecule has 0 bridgehead atoms. The molecule has 1 atom stereocenters. The molecule has 1 unspecified atom stereocenters. The van der Waals surface area contributed by atoms with Crippen LogP contribution in [-0.2, 0) is 4.79 Å². The van der Waals surface area contributed by atoms with Gasteiger partial charge in [-0.1, -0.05) is 26.2 Å². The number of rotatable bonds is 9. The molecule has 1 amide bonds. The third-order valence-corrected chi connectivity index (χ3v) is 7.78. The maximum atomic E-state index is 13.7. The molecule has 2 heterocycles. The molecule has 178 valence electrons. The van der Waals surface area contributed by atoms with Crippen molar-refractivity contribution in [2.45, 2.75) is 95.7 Å². The monoisotopic (exact) mass is 461 g/mol. The minimum absolute atomic E-state index is 0.104. The Morgan fingerprint density at radius 2 is 1.94 bits per heavy atom. The van der Waals surface area contributed by atoms with Crippen LogP contribution in [0.15, 0.2) is 17.2 Å². The summed E-state index contributed by atoms with van der Waals surface area (Å²) < 4.78 is 0. The van der Waals surface area contributed by atoms with Crippen molar-refractivity contribution >= 4 is 29.5 Å². The van der Waals surface area contributed by atoms with Crippen molar-refractivity contribution in [3.8, 4) is 0 Å². The molecule has 32 heavy (non-hydrogen) atoms. The van der Waals surface area contributed by atoms with Gasteiger partial charge in [-0.3, -0.25) is 9.59 Å². The number of thioether (sulfide) groups is 1. The van der Waals surface area contributed by atoms with Gasteiger partial charge in [0, 0.05) is 31.6 Å². The summed E-state index contributed by atoms with van der Waals surface area (Å²) in [7, 11) is 0. The molecule has 3 rings (SSSR count). The van der Waals surface area contributed by atoms with E-state index in [1.54, 1.807) is 11.8 Å². The fourth-order valence-corrected chi connectivity index (χ4v) is 5.95.